The normalized spacial score (nSPS) is 12.2. The van der Waals surface area contributed by atoms with Crippen molar-refractivity contribution in [1.82, 2.24) is 4.90 Å². The summed E-state index contributed by atoms with van der Waals surface area (Å²) in [7, 11) is -3.52. The predicted molar refractivity (Wildman–Crippen MR) is 128 cm³/mol. The molecule has 0 radical (unpaired) electrons. The van der Waals surface area contributed by atoms with Gasteiger partial charge in [0.15, 0.2) is 9.84 Å². The van der Waals surface area contributed by atoms with Gasteiger partial charge in [-0.2, -0.15) is 13.2 Å². The lowest BCUT2D eigenvalue weighted by Crippen LogP contribution is -2.25. The van der Waals surface area contributed by atoms with Gasteiger partial charge in [-0.25, -0.2) is 8.42 Å². The van der Waals surface area contributed by atoms with Crippen LogP contribution in [0.2, 0.25) is 0 Å². The first-order chi connectivity index (χ1) is 16.6. The summed E-state index contributed by atoms with van der Waals surface area (Å²) in [5.41, 5.74) is 1.23. The molecule has 0 bridgehead atoms. The number of halogens is 3. The van der Waals surface area contributed by atoms with Gasteiger partial charge in [0.1, 0.15) is 5.75 Å². The van der Waals surface area contributed by atoms with Crippen LogP contribution in [0.15, 0.2) is 77.7 Å². The molecule has 5 nitrogen and oxygen atoms in total. The van der Waals surface area contributed by atoms with Crippen LogP contribution in [0.25, 0.3) is 0 Å². The maximum absolute atomic E-state index is 13.1. The van der Waals surface area contributed by atoms with Crippen molar-refractivity contribution in [1.29, 1.82) is 0 Å². The molecule has 0 amide bonds. The third kappa shape index (κ3) is 8.09. The van der Waals surface area contributed by atoms with Crippen molar-refractivity contribution in [3.05, 3.63) is 95.1 Å². The summed E-state index contributed by atoms with van der Waals surface area (Å²) in [6.07, 6.45) is -2.76. The van der Waals surface area contributed by atoms with Gasteiger partial charge in [-0.1, -0.05) is 54.6 Å². The third-order valence-corrected chi connectivity index (χ3v) is 6.58. The van der Waals surface area contributed by atoms with E-state index < -0.39 is 28.2 Å². The molecule has 0 aromatic heterocycles. The van der Waals surface area contributed by atoms with Crippen LogP contribution < -0.4 is 4.74 Å². The first-order valence-corrected chi connectivity index (χ1v) is 12.9. The average molecular weight is 508 g/mol. The van der Waals surface area contributed by atoms with Gasteiger partial charge in [-0.05, 0) is 41.3 Å². The van der Waals surface area contributed by atoms with Crippen LogP contribution in [0.3, 0.4) is 0 Å². The number of hydrogen-bond donors (Lipinski definition) is 1. The van der Waals surface area contributed by atoms with Crippen molar-refractivity contribution in [3.63, 3.8) is 0 Å². The molecule has 0 saturated carbocycles. The van der Waals surface area contributed by atoms with Crippen LogP contribution in [0.5, 0.6) is 5.75 Å². The quantitative estimate of drug-likeness (QED) is 0.367. The molecule has 9 heteroatoms. The molecule has 0 heterocycles. The summed E-state index contributed by atoms with van der Waals surface area (Å²) in [6, 6.07) is 19.5. The molecule has 0 aliphatic rings. The lowest BCUT2D eigenvalue weighted by atomic mass is 10.1. The van der Waals surface area contributed by atoms with E-state index in [-0.39, 0.29) is 11.5 Å². The maximum Gasteiger partial charge on any atom is 0.416 e. The van der Waals surface area contributed by atoms with Gasteiger partial charge in [-0.15, -0.1) is 0 Å². The van der Waals surface area contributed by atoms with Gasteiger partial charge in [-0.3, -0.25) is 4.90 Å². The number of sulfone groups is 1. The highest BCUT2D eigenvalue weighted by molar-refractivity contribution is 7.90. The van der Waals surface area contributed by atoms with Crippen LogP contribution in [-0.2, 0) is 35.7 Å². The minimum atomic E-state index is -4.40. The fourth-order valence-electron chi connectivity index (χ4n) is 3.74. The van der Waals surface area contributed by atoms with Crippen molar-refractivity contribution < 1.29 is 31.4 Å². The Morgan fingerprint density at radius 2 is 1.60 bits per heavy atom. The molecule has 0 spiro atoms. The second-order valence-electron chi connectivity index (χ2n) is 8.30. The van der Waals surface area contributed by atoms with Crippen molar-refractivity contribution >= 4 is 9.84 Å². The van der Waals surface area contributed by atoms with E-state index in [4.69, 9.17) is 4.74 Å². The van der Waals surface area contributed by atoms with Gasteiger partial charge in [0, 0.05) is 25.9 Å². The Kier molecular flexibility index (Phi) is 8.93. The van der Waals surface area contributed by atoms with Gasteiger partial charge in [0.2, 0.25) is 0 Å². The van der Waals surface area contributed by atoms with E-state index in [1.54, 1.807) is 12.1 Å². The van der Waals surface area contributed by atoms with Gasteiger partial charge < -0.3 is 9.84 Å². The third-order valence-electron chi connectivity index (χ3n) is 5.41. The number of ether oxygens (including phenoxy) is 1. The fourth-order valence-corrected chi connectivity index (χ4v) is 4.68. The van der Waals surface area contributed by atoms with Crippen molar-refractivity contribution in [2.75, 3.05) is 19.4 Å². The number of hydrogen-bond acceptors (Lipinski definition) is 5. The molecule has 188 valence electrons. The molecule has 35 heavy (non-hydrogen) atoms. The number of aliphatic hydroxyl groups is 1. The first kappa shape index (κ1) is 26.7. The lowest BCUT2D eigenvalue weighted by molar-refractivity contribution is -0.137. The Bertz CT molecular complexity index is 1210. The van der Waals surface area contributed by atoms with E-state index in [1.807, 2.05) is 35.2 Å². The zero-order valence-corrected chi connectivity index (χ0v) is 20.1. The van der Waals surface area contributed by atoms with Crippen molar-refractivity contribution in [2.45, 2.75) is 37.2 Å². The second-order valence-corrected chi connectivity index (χ2v) is 10.3. The second kappa shape index (κ2) is 11.7. The monoisotopic (exact) mass is 507 g/mol. The zero-order valence-electron chi connectivity index (χ0n) is 19.3. The topological polar surface area (TPSA) is 66.8 Å². The molecule has 0 aliphatic heterocycles. The summed E-state index contributed by atoms with van der Waals surface area (Å²) >= 11 is 0. The first-order valence-electron chi connectivity index (χ1n) is 11.1. The number of aliphatic hydroxyl groups excluding tert-OH is 1. The molecule has 3 aromatic carbocycles. The van der Waals surface area contributed by atoms with Gasteiger partial charge in [0.05, 0.1) is 23.7 Å². The lowest BCUT2D eigenvalue weighted by Gasteiger charge is -2.23. The Labute approximate surface area is 203 Å². The summed E-state index contributed by atoms with van der Waals surface area (Å²) in [4.78, 5) is 2.07. The molecule has 0 fully saturated rings. The fraction of sp³-hybridized carbons (Fsp3) is 0.308. The van der Waals surface area contributed by atoms with Crippen LogP contribution in [0.4, 0.5) is 13.2 Å². The largest absolute Gasteiger partial charge is 0.494 e. The number of rotatable bonds is 11. The van der Waals surface area contributed by atoms with Crippen LogP contribution >= 0.6 is 0 Å². The molecule has 0 saturated heterocycles. The van der Waals surface area contributed by atoms with Gasteiger partial charge in [0.25, 0.3) is 0 Å². The van der Waals surface area contributed by atoms with Gasteiger partial charge >= 0.3 is 6.18 Å². The molecule has 0 aliphatic carbocycles. The molecule has 3 rings (SSSR count). The molecule has 3 aromatic rings. The number of nitrogens with zero attached hydrogens (tertiary/aromatic N) is 1. The summed E-state index contributed by atoms with van der Waals surface area (Å²) < 4.78 is 69.1. The van der Waals surface area contributed by atoms with E-state index >= 15 is 0 Å². The maximum atomic E-state index is 13.1. The average Bonchev–Trinajstić information content (AvgIpc) is 2.81. The highest BCUT2D eigenvalue weighted by Gasteiger charge is 2.30. The van der Waals surface area contributed by atoms with E-state index in [1.165, 1.54) is 24.3 Å². The van der Waals surface area contributed by atoms with E-state index in [9.17, 15) is 26.7 Å². The standard InChI is InChI=1S/C26H28F3NO4S/c1-35(32,33)25-16-24(12-11-22(25)19-31)34-14-6-13-30(17-20-7-3-2-4-8-20)18-21-9-5-10-23(15-21)26(27,28)29/h2-5,7-12,15-16,31H,6,13-14,17-19H2,1H3. The van der Waals surface area contributed by atoms with Crippen LogP contribution in [-0.4, -0.2) is 37.8 Å². The molecular formula is C26H28F3NO4S. The van der Waals surface area contributed by atoms with Crippen LogP contribution in [0.1, 0.15) is 28.7 Å². The summed E-state index contributed by atoms with van der Waals surface area (Å²) in [5, 5.41) is 9.38. The number of benzene rings is 3. The Balaban J connectivity index is 1.66. The van der Waals surface area contributed by atoms with Crippen molar-refractivity contribution in [2.24, 2.45) is 0 Å². The van der Waals surface area contributed by atoms with E-state index in [0.717, 1.165) is 17.9 Å². The zero-order chi connectivity index (χ0) is 25.5. The Morgan fingerprint density at radius 3 is 2.26 bits per heavy atom. The van der Waals surface area contributed by atoms with Crippen molar-refractivity contribution in [3.8, 4) is 5.75 Å². The van der Waals surface area contributed by atoms with E-state index in [2.05, 4.69) is 0 Å². The Morgan fingerprint density at radius 1 is 0.914 bits per heavy atom. The van der Waals surface area contributed by atoms with Crippen LogP contribution in [0, 0.1) is 0 Å². The molecule has 0 unspecified atom stereocenters. The predicted octanol–water partition coefficient (Wildman–Crippen LogP) is 5.07. The smallest absolute Gasteiger partial charge is 0.416 e. The van der Waals surface area contributed by atoms with E-state index in [0.29, 0.717) is 42.9 Å². The minimum absolute atomic E-state index is 0.0211. The SMILES string of the molecule is CS(=O)(=O)c1cc(OCCCN(Cc2ccccc2)Cc2cccc(C(F)(F)F)c2)ccc1CO. The molecular weight excluding hydrogens is 479 g/mol. The molecule has 1 N–H and O–H groups in total. The highest BCUT2D eigenvalue weighted by Crippen LogP contribution is 2.30. The number of alkyl halides is 3. The summed E-state index contributed by atoms with van der Waals surface area (Å²) in [6.45, 7) is 1.34. The highest BCUT2D eigenvalue weighted by atomic mass is 32.2. The summed E-state index contributed by atoms with van der Waals surface area (Å²) in [5.74, 6) is 0.370. The molecule has 0 atom stereocenters. The Hall–Kier alpha value is -2.88. The minimum Gasteiger partial charge on any atom is -0.494 e.